The molecule has 8 atom stereocenters. The van der Waals surface area contributed by atoms with Gasteiger partial charge in [0, 0.05) is 37.2 Å². The standard InChI is InChI=1S/2C24H32O8/c2*1-12-13(2)24(31-8)32-21(12)15-11-18(28-5)22(29-6)23(30-7)19(15)14-9-16(26-3)20(25)17(10-14)27-4/h2*9-13,21,24-25H,1-8H3/t2*12-,13+,21-,24+/m11/s1. The molecule has 0 saturated carbocycles. The average molecular weight is 897 g/mol. The lowest BCUT2D eigenvalue weighted by Crippen LogP contribution is -2.17. The van der Waals surface area contributed by atoms with Gasteiger partial charge in [0.25, 0.3) is 0 Å². The number of ether oxygens (including phenoxy) is 14. The van der Waals surface area contributed by atoms with Crippen molar-refractivity contribution in [2.75, 3.05) is 85.3 Å². The molecule has 2 aliphatic heterocycles. The van der Waals surface area contributed by atoms with E-state index >= 15 is 0 Å². The van der Waals surface area contributed by atoms with Crippen molar-refractivity contribution in [3.05, 3.63) is 47.5 Å². The van der Waals surface area contributed by atoms with Crippen molar-refractivity contribution in [2.24, 2.45) is 23.7 Å². The molecule has 4 aromatic rings. The topological polar surface area (TPSA) is 170 Å². The molecule has 16 nitrogen and oxygen atoms in total. The summed E-state index contributed by atoms with van der Waals surface area (Å²) in [7, 11) is 18.6. The average Bonchev–Trinajstić information content (AvgIpc) is 3.78. The summed E-state index contributed by atoms with van der Waals surface area (Å²) < 4.78 is 79.4. The van der Waals surface area contributed by atoms with E-state index in [4.69, 9.17) is 66.3 Å². The Balaban J connectivity index is 0.000000241. The summed E-state index contributed by atoms with van der Waals surface area (Å²) in [6.07, 6.45) is -1.29. The van der Waals surface area contributed by atoms with Crippen molar-refractivity contribution < 1.29 is 76.5 Å². The van der Waals surface area contributed by atoms with Crippen LogP contribution in [0.5, 0.6) is 69.0 Å². The first-order valence-electron chi connectivity index (χ1n) is 20.7. The van der Waals surface area contributed by atoms with E-state index in [0.717, 1.165) is 22.3 Å². The maximum absolute atomic E-state index is 10.4. The number of benzene rings is 4. The Morgan fingerprint density at radius 1 is 0.359 bits per heavy atom. The number of methoxy groups -OCH3 is 12. The number of hydrogen-bond acceptors (Lipinski definition) is 16. The Morgan fingerprint density at radius 2 is 0.641 bits per heavy atom. The van der Waals surface area contributed by atoms with Gasteiger partial charge in [0.1, 0.15) is 0 Å². The van der Waals surface area contributed by atoms with Gasteiger partial charge >= 0.3 is 0 Å². The van der Waals surface area contributed by atoms with Crippen LogP contribution in [0.15, 0.2) is 36.4 Å². The minimum absolute atomic E-state index is 0.0849. The van der Waals surface area contributed by atoms with Crippen LogP contribution in [0.1, 0.15) is 51.0 Å². The molecule has 16 heteroatoms. The van der Waals surface area contributed by atoms with Crippen LogP contribution in [-0.2, 0) is 18.9 Å². The molecule has 2 N–H and O–H groups in total. The van der Waals surface area contributed by atoms with Gasteiger partial charge in [0.15, 0.2) is 58.6 Å². The number of phenolic OH excluding ortho intramolecular Hbond substituents is 2. The molecule has 2 fully saturated rings. The lowest BCUT2D eigenvalue weighted by Gasteiger charge is -2.25. The molecule has 0 radical (unpaired) electrons. The van der Waals surface area contributed by atoms with Crippen LogP contribution in [-0.4, -0.2) is 108 Å². The van der Waals surface area contributed by atoms with E-state index in [1.54, 1.807) is 81.1 Å². The van der Waals surface area contributed by atoms with Crippen molar-refractivity contribution in [3.63, 3.8) is 0 Å². The van der Waals surface area contributed by atoms with Crippen molar-refractivity contribution in [2.45, 2.75) is 52.5 Å². The quantitative estimate of drug-likeness (QED) is 0.109. The Bertz CT molecular complexity index is 2020. The maximum atomic E-state index is 10.4. The Hall–Kier alpha value is -5.68. The molecule has 0 spiro atoms. The van der Waals surface area contributed by atoms with E-state index in [1.165, 1.54) is 28.4 Å². The lowest BCUT2D eigenvalue weighted by atomic mass is 9.85. The molecule has 6 rings (SSSR count). The van der Waals surface area contributed by atoms with Crippen LogP contribution >= 0.6 is 0 Å². The van der Waals surface area contributed by atoms with E-state index < -0.39 is 0 Å². The summed E-state index contributed by atoms with van der Waals surface area (Å²) in [5, 5.41) is 20.9. The minimum atomic E-state index is -0.342. The van der Waals surface area contributed by atoms with Crippen LogP contribution < -0.4 is 47.4 Å². The van der Waals surface area contributed by atoms with Crippen molar-refractivity contribution in [1.82, 2.24) is 0 Å². The van der Waals surface area contributed by atoms with Gasteiger partial charge in [-0.1, -0.05) is 27.7 Å². The fourth-order valence-electron chi connectivity index (χ4n) is 8.56. The van der Waals surface area contributed by atoms with Crippen molar-refractivity contribution >= 4 is 0 Å². The number of aromatic hydroxyl groups is 2. The van der Waals surface area contributed by atoms with Crippen LogP contribution in [0.3, 0.4) is 0 Å². The highest BCUT2D eigenvalue weighted by Crippen LogP contribution is 2.56. The van der Waals surface area contributed by atoms with E-state index in [1.807, 2.05) is 12.1 Å². The molecular formula is C48H64O16. The zero-order valence-corrected chi connectivity index (χ0v) is 39.7. The normalized spacial score (nSPS) is 22.5. The van der Waals surface area contributed by atoms with E-state index in [-0.39, 0.29) is 83.0 Å². The second-order valence-electron chi connectivity index (χ2n) is 15.4. The van der Waals surface area contributed by atoms with Gasteiger partial charge in [-0.2, -0.15) is 0 Å². The summed E-state index contributed by atoms with van der Waals surface area (Å²) in [5.41, 5.74) is 4.54. The van der Waals surface area contributed by atoms with Crippen molar-refractivity contribution in [3.8, 4) is 91.2 Å². The highest BCUT2D eigenvalue weighted by atomic mass is 16.7. The van der Waals surface area contributed by atoms with Gasteiger partial charge in [-0.3, -0.25) is 0 Å². The monoisotopic (exact) mass is 896 g/mol. The Labute approximate surface area is 376 Å². The fourth-order valence-corrected chi connectivity index (χ4v) is 8.56. The van der Waals surface area contributed by atoms with Gasteiger partial charge in [0.2, 0.25) is 23.0 Å². The second-order valence-corrected chi connectivity index (χ2v) is 15.4. The number of phenols is 2. The third-order valence-electron chi connectivity index (χ3n) is 12.4. The second kappa shape index (κ2) is 21.3. The van der Waals surface area contributed by atoms with Gasteiger partial charge in [-0.15, -0.1) is 0 Å². The predicted molar refractivity (Wildman–Crippen MR) is 239 cm³/mol. The van der Waals surface area contributed by atoms with Crippen LogP contribution in [0.2, 0.25) is 0 Å². The molecule has 0 unspecified atom stereocenters. The first-order chi connectivity index (χ1) is 30.7. The molecule has 0 amide bonds. The summed E-state index contributed by atoms with van der Waals surface area (Å²) >= 11 is 0. The van der Waals surface area contributed by atoms with Gasteiger partial charge < -0.3 is 76.5 Å². The first-order valence-corrected chi connectivity index (χ1v) is 20.7. The number of rotatable bonds is 16. The molecular weight excluding hydrogens is 833 g/mol. The highest BCUT2D eigenvalue weighted by molar-refractivity contribution is 5.84. The highest BCUT2D eigenvalue weighted by Gasteiger charge is 2.44. The van der Waals surface area contributed by atoms with Crippen LogP contribution in [0.25, 0.3) is 22.3 Å². The first kappa shape index (κ1) is 49.3. The molecule has 0 aromatic heterocycles. The zero-order chi connectivity index (χ0) is 47.2. The summed E-state index contributed by atoms with van der Waals surface area (Å²) in [5.74, 6) is 4.40. The van der Waals surface area contributed by atoms with E-state index in [2.05, 4.69) is 27.7 Å². The largest absolute Gasteiger partial charge is 0.502 e. The lowest BCUT2D eigenvalue weighted by molar-refractivity contribution is -0.130. The summed E-state index contributed by atoms with van der Waals surface area (Å²) in [4.78, 5) is 0. The summed E-state index contributed by atoms with van der Waals surface area (Å²) in [6.45, 7) is 8.45. The third kappa shape index (κ3) is 9.01. The van der Waals surface area contributed by atoms with Gasteiger partial charge in [-0.05, 0) is 70.5 Å². The zero-order valence-electron chi connectivity index (χ0n) is 39.7. The SMILES string of the molecule is COc1cc(-c2c([C@@H]3O[C@H](OC)[C@@H](C)[C@H]3C)cc(OC)c(OC)c2OC)cc(OC)c1O.COc1cc(-c2c([C@@H]3O[C@H](OC)[C@@H](C)[C@H]3C)cc(OC)c(OC)c2OC)cc(OC)c1O. The molecule has 4 aromatic carbocycles. The number of hydrogen-bond donors (Lipinski definition) is 2. The third-order valence-corrected chi connectivity index (χ3v) is 12.4. The molecule has 2 aliphatic rings. The van der Waals surface area contributed by atoms with E-state index in [9.17, 15) is 10.2 Å². The van der Waals surface area contributed by atoms with Crippen molar-refractivity contribution in [1.29, 1.82) is 0 Å². The molecule has 64 heavy (non-hydrogen) atoms. The maximum Gasteiger partial charge on any atom is 0.203 e. The molecule has 2 saturated heterocycles. The fraction of sp³-hybridized carbons (Fsp3) is 0.500. The van der Waals surface area contributed by atoms with Gasteiger partial charge in [0.05, 0.1) is 83.3 Å². The van der Waals surface area contributed by atoms with Crippen LogP contribution in [0.4, 0.5) is 0 Å². The minimum Gasteiger partial charge on any atom is -0.502 e. The Morgan fingerprint density at radius 3 is 0.859 bits per heavy atom. The predicted octanol–water partition coefficient (Wildman–Crippen LogP) is 8.84. The van der Waals surface area contributed by atoms with Crippen LogP contribution in [0, 0.1) is 23.7 Å². The van der Waals surface area contributed by atoms with Gasteiger partial charge in [-0.25, -0.2) is 0 Å². The Kier molecular flexibility index (Phi) is 16.4. The molecule has 2 heterocycles. The van der Waals surface area contributed by atoms with E-state index in [0.29, 0.717) is 45.6 Å². The summed E-state index contributed by atoms with van der Waals surface area (Å²) in [6, 6.07) is 10.7. The smallest absolute Gasteiger partial charge is 0.203 e. The molecule has 0 aliphatic carbocycles. The molecule has 0 bridgehead atoms. The molecule has 352 valence electrons.